The lowest BCUT2D eigenvalue weighted by atomic mass is 10.2. The molecule has 5 nitrogen and oxygen atoms in total. The second-order valence-corrected chi connectivity index (χ2v) is 9.14. The maximum Gasteiger partial charge on any atom is 0.291 e. The highest BCUT2D eigenvalue weighted by Crippen LogP contribution is 2.26. The van der Waals surface area contributed by atoms with Crippen LogP contribution in [0, 0.1) is 6.92 Å². The van der Waals surface area contributed by atoms with E-state index in [4.69, 9.17) is 4.42 Å². The smallest absolute Gasteiger partial charge is 0.291 e. The number of aryl methyl sites for hydroxylation is 1. The van der Waals surface area contributed by atoms with Crippen LogP contribution in [0.4, 0.5) is 5.69 Å². The first-order valence-corrected chi connectivity index (χ1v) is 11.1. The number of amides is 1. The zero-order valence-electron chi connectivity index (χ0n) is 14.9. The van der Waals surface area contributed by atoms with Crippen molar-refractivity contribution in [3.05, 3.63) is 77.7 Å². The Morgan fingerprint density at radius 2 is 1.85 bits per heavy atom. The van der Waals surface area contributed by atoms with E-state index in [-0.39, 0.29) is 10.7 Å². The van der Waals surface area contributed by atoms with Gasteiger partial charge in [0.05, 0.1) is 11.2 Å². The summed E-state index contributed by atoms with van der Waals surface area (Å²) in [7, 11) is -3.36. The van der Waals surface area contributed by atoms with Gasteiger partial charge in [-0.05, 0) is 42.8 Å². The largest absolute Gasteiger partial charge is 0.459 e. The standard InChI is InChI=1S/C20H19NO4S2/c1-14-8-9-17(27(2,23)24)12-18(14)21-20(22)19-15(10-11-25-19)13-26-16-6-4-3-5-7-16/h3-12H,13H2,1-2H3,(H,21,22). The highest BCUT2D eigenvalue weighted by atomic mass is 32.2. The van der Waals surface area contributed by atoms with Crippen molar-refractivity contribution < 1.29 is 17.6 Å². The quantitative estimate of drug-likeness (QED) is 0.614. The molecule has 7 heteroatoms. The van der Waals surface area contributed by atoms with E-state index in [1.54, 1.807) is 30.8 Å². The number of hydrogen-bond donors (Lipinski definition) is 1. The molecule has 1 N–H and O–H groups in total. The molecule has 0 fully saturated rings. The van der Waals surface area contributed by atoms with Crippen LogP contribution < -0.4 is 5.32 Å². The number of hydrogen-bond acceptors (Lipinski definition) is 5. The summed E-state index contributed by atoms with van der Waals surface area (Å²) < 4.78 is 28.9. The van der Waals surface area contributed by atoms with E-state index < -0.39 is 15.7 Å². The van der Waals surface area contributed by atoms with Gasteiger partial charge in [-0.15, -0.1) is 11.8 Å². The van der Waals surface area contributed by atoms with Gasteiger partial charge in [-0.1, -0.05) is 24.3 Å². The van der Waals surface area contributed by atoms with Crippen molar-refractivity contribution in [2.24, 2.45) is 0 Å². The molecule has 0 aliphatic rings. The van der Waals surface area contributed by atoms with E-state index >= 15 is 0 Å². The van der Waals surface area contributed by atoms with Crippen LogP contribution in [0.15, 0.2) is 75.1 Å². The Kier molecular flexibility index (Phi) is 5.72. The van der Waals surface area contributed by atoms with Gasteiger partial charge < -0.3 is 9.73 Å². The molecule has 3 rings (SSSR count). The second kappa shape index (κ2) is 8.02. The van der Waals surface area contributed by atoms with Crippen molar-refractivity contribution in [2.75, 3.05) is 11.6 Å². The first-order chi connectivity index (χ1) is 12.8. The average molecular weight is 402 g/mol. The van der Waals surface area contributed by atoms with Crippen LogP contribution in [-0.4, -0.2) is 20.6 Å². The fourth-order valence-corrected chi connectivity index (χ4v) is 4.02. The summed E-state index contributed by atoms with van der Waals surface area (Å²) in [6, 6.07) is 16.3. The number of benzene rings is 2. The first-order valence-electron chi connectivity index (χ1n) is 8.21. The highest BCUT2D eigenvalue weighted by Gasteiger charge is 2.18. The number of rotatable bonds is 6. The third kappa shape index (κ3) is 4.81. The Morgan fingerprint density at radius 1 is 1.11 bits per heavy atom. The Hall–Kier alpha value is -2.51. The fraction of sp³-hybridized carbons (Fsp3) is 0.150. The monoisotopic (exact) mass is 401 g/mol. The van der Waals surface area contributed by atoms with Crippen LogP contribution in [0.3, 0.4) is 0 Å². The lowest BCUT2D eigenvalue weighted by molar-refractivity contribution is 0.0995. The third-order valence-corrected chi connectivity index (χ3v) is 6.15. The van der Waals surface area contributed by atoms with Gasteiger partial charge >= 0.3 is 0 Å². The minimum absolute atomic E-state index is 0.155. The van der Waals surface area contributed by atoms with E-state index in [0.29, 0.717) is 11.4 Å². The maximum absolute atomic E-state index is 12.7. The van der Waals surface area contributed by atoms with Crippen LogP contribution >= 0.6 is 11.8 Å². The molecular formula is C20H19NO4S2. The number of furan rings is 1. The molecule has 1 aromatic heterocycles. The molecule has 27 heavy (non-hydrogen) atoms. The molecule has 0 radical (unpaired) electrons. The Morgan fingerprint density at radius 3 is 2.56 bits per heavy atom. The Balaban J connectivity index is 1.77. The van der Waals surface area contributed by atoms with Gasteiger partial charge in [-0.25, -0.2) is 8.42 Å². The number of carbonyl (C=O) groups excluding carboxylic acids is 1. The molecule has 140 valence electrons. The summed E-state index contributed by atoms with van der Waals surface area (Å²) in [5.41, 5.74) is 1.99. The van der Waals surface area contributed by atoms with E-state index in [1.165, 1.54) is 18.4 Å². The van der Waals surface area contributed by atoms with Crippen molar-refractivity contribution in [1.82, 2.24) is 0 Å². The molecule has 0 spiro atoms. The SMILES string of the molecule is Cc1ccc(S(C)(=O)=O)cc1NC(=O)c1occc1CSc1ccccc1. The molecule has 2 aromatic carbocycles. The summed E-state index contributed by atoms with van der Waals surface area (Å²) in [4.78, 5) is 13.9. The molecule has 0 saturated carbocycles. The molecule has 1 amide bonds. The molecule has 0 aliphatic heterocycles. The van der Waals surface area contributed by atoms with Crippen LogP contribution in [-0.2, 0) is 15.6 Å². The molecule has 0 unspecified atom stereocenters. The topological polar surface area (TPSA) is 76.4 Å². The lowest BCUT2D eigenvalue weighted by Crippen LogP contribution is -2.14. The van der Waals surface area contributed by atoms with Gasteiger partial charge in [0.1, 0.15) is 0 Å². The van der Waals surface area contributed by atoms with Crippen molar-refractivity contribution in [2.45, 2.75) is 22.5 Å². The predicted molar refractivity (Wildman–Crippen MR) is 107 cm³/mol. The second-order valence-electron chi connectivity index (χ2n) is 6.08. The molecular weight excluding hydrogens is 382 g/mol. The number of nitrogens with one attached hydrogen (secondary N) is 1. The maximum atomic E-state index is 12.7. The summed E-state index contributed by atoms with van der Waals surface area (Å²) >= 11 is 1.61. The Labute approximate surface area is 162 Å². The third-order valence-electron chi connectivity index (χ3n) is 3.98. The van der Waals surface area contributed by atoms with E-state index in [1.807, 2.05) is 30.3 Å². The van der Waals surface area contributed by atoms with Gasteiger partial charge in [-0.3, -0.25) is 4.79 Å². The summed E-state index contributed by atoms with van der Waals surface area (Å²) in [6.07, 6.45) is 2.62. The lowest BCUT2D eigenvalue weighted by Gasteiger charge is -2.10. The first kappa shape index (κ1) is 19.3. The van der Waals surface area contributed by atoms with Gasteiger partial charge in [0.25, 0.3) is 5.91 Å². The minimum atomic E-state index is -3.36. The molecule has 0 atom stereocenters. The normalized spacial score (nSPS) is 11.3. The van der Waals surface area contributed by atoms with Crippen LogP contribution in [0.5, 0.6) is 0 Å². The van der Waals surface area contributed by atoms with E-state index in [0.717, 1.165) is 22.3 Å². The summed E-state index contributed by atoms with van der Waals surface area (Å²) in [5.74, 6) is 0.408. The Bertz CT molecular complexity index is 1060. The van der Waals surface area contributed by atoms with Gasteiger partial charge in [0.15, 0.2) is 15.6 Å². The summed E-state index contributed by atoms with van der Waals surface area (Å²) in [6.45, 7) is 1.80. The highest BCUT2D eigenvalue weighted by molar-refractivity contribution is 7.98. The zero-order valence-corrected chi connectivity index (χ0v) is 16.6. The summed E-state index contributed by atoms with van der Waals surface area (Å²) in [5, 5.41) is 2.76. The van der Waals surface area contributed by atoms with E-state index in [9.17, 15) is 13.2 Å². The number of anilines is 1. The van der Waals surface area contributed by atoms with Crippen molar-refractivity contribution in [3.8, 4) is 0 Å². The molecule has 1 heterocycles. The molecule has 0 bridgehead atoms. The molecule has 3 aromatic rings. The predicted octanol–water partition coefficient (Wildman–Crippen LogP) is 4.54. The fourth-order valence-electron chi connectivity index (χ4n) is 2.47. The zero-order chi connectivity index (χ0) is 19.4. The van der Waals surface area contributed by atoms with E-state index in [2.05, 4.69) is 5.32 Å². The van der Waals surface area contributed by atoms with Crippen molar-refractivity contribution in [3.63, 3.8) is 0 Å². The number of sulfone groups is 1. The van der Waals surface area contributed by atoms with Crippen molar-refractivity contribution in [1.29, 1.82) is 0 Å². The average Bonchev–Trinajstić information content (AvgIpc) is 3.10. The van der Waals surface area contributed by atoms with Crippen LogP contribution in [0.1, 0.15) is 21.7 Å². The minimum Gasteiger partial charge on any atom is -0.459 e. The van der Waals surface area contributed by atoms with Gasteiger partial charge in [-0.2, -0.15) is 0 Å². The number of thioether (sulfide) groups is 1. The van der Waals surface area contributed by atoms with Gasteiger partial charge in [0.2, 0.25) is 0 Å². The van der Waals surface area contributed by atoms with Crippen molar-refractivity contribution >= 4 is 33.2 Å². The number of carbonyl (C=O) groups is 1. The van der Waals surface area contributed by atoms with Crippen LogP contribution in [0.25, 0.3) is 0 Å². The molecule has 0 saturated heterocycles. The molecule has 0 aliphatic carbocycles. The van der Waals surface area contributed by atoms with Crippen LogP contribution in [0.2, 0.25) is 0 Å². The van der Waals surface area contributed by atoms with Gasteiger partial charge in [0, 0.05) is 28.2 Å².